The normalized spacial score (nSPS) is 12.0. The third-order valence-electron chi connectivity index (χ3n) is 2.95. The Kier molecular flexibility index (Phi) is 3.11. The number of aryl methyl sites for hydroxylation is 1. The number of aromatic hydroxyl groups is 2. The van der Waals surface area contributed by atoms with Crippen molar-refractivity contribution in [2.24, 2.45) is 0 Å². The van der Waals surface area contributed by atoms with E-state index < -0.39 is 8.07 Å². The summed E-state index contributed by atoms with van der Waals surface area (Å²) >= 11 is 0. The Bertz CT molecular complexity index is 597. The van der Waals surface area contributed by atoms with Crippen LogP contribution in [-0.2, 0) is 6.04 Å². The molecule has 2 aromatic carbocycles. The van der Waals surface area contributed by atoms with Crippen molar-refractivity contribution in [3.05, 3.63) is 35.4 Å². The summed E-state index contributed by atoms with van der Waals surface area (Å²) < 4.78 is 0. The second-order valence-corrected chi connectivity index (χ2v) is 11.7. The maximum absolute atomic E-state index is 10.1. The van der Waals surface area contributed by atoms with E-state index in [2.05, 4.69) is 25.7 Å². The maximum atomic E-state index is 10.1. The lowest BCUT2D eigenvalue weighted by molar-refractivity contribution is 0.463. The van der Waals surface area contributed by atoms with Crippen LogP contribution in [0.25, 0.3) is 10.8 Å². The SMILES string of the molecule is Cc1cc(O)c2c(O)cc(C[Si](C)(C)C)cc2c1. The lowest BCUT2D eigenvalue weighted by Gasteiger charge is -2.17. The lowest BCUT2D eigenvalue weighted by Crippen LogP contribution is -2.23. The highest BCUT2D eigenvalue weighted by Crippen LogP contribution is 2.35. The summed E-state index contributed by atoms with van der Waals surface area (Å²) in [5, 5.41) is 21.5. The lowest BCUT2D eigenvalue weighted by atomic mass is 10.0. The van der Waals surface area contributed by atoms with Gasteiger partial charge in [-0.2, -0.15) is 0 Å². The fourth-order valence-electron chi connectivity index (χ4n) is 2.39. The number of phenols is 2. The molecule has 3 heteroatoms. The van der Waals surface area contributed by atoms with Gasteiger partial charge in [-0.05, 0) is 41.6 Å². The number of fused-ring (bicyclic) bond motifs is 1. The molecule has 2 aromatic rings. The molecule has 0 saturated carbocycles. The van der Waals surface area contributed by atoms with E-state index >= 15 is 0 Å². The molecule has 0 aliphatic carbocycles. The van der Waals surface area contributed by atoms with Gasteiger partial charge < -0.3 is 10.2 Å². The molecule has 2 nitrogen and oxygen atoms in total. The van der Waals surface area contributed by atoms with Crippen LogP contribution in [0.1, 0.15) is 11.1 Å². The second kappa shape index (κ2) is 4.32. The Hall–Kier alpha value is -1.48. The average molecular weight is 260 g/mol. The smallest absolute Gasteiger partial charge is 0.127 e. The van der Waals surface area contributed by atoms with Crippen molar-refractivity contribution in [2.45, 2.75) is 32.6 Å². The zero-order chi connectivity index (χ0) is 13.5. The van der Waals surface area contributed by atoms with Crippen LogP contribution in [0, 0.1) is 6.92 Å². The molecule has 0 radical (unpaired) electrons. The molecule has 0 fully saturated rings. The summed E-state index contributed by atoms with van der Waals surface area (Å²) in [4.78, 5) is 0. The summed E-state index contributed by atoms with van der Waals surface area (Å²) in [5.74, 6) is 0.334. The van der Waals surface area contributed by atoms with Crippen molar-refractivity contribution in [1.29, 1.82) is 0 Å². The predicted molar refractivity (Wildman–Crippen MR) is 79.1 cm³/mol. The van der Waals surface area contributed by atoms with Crippen LogP contribution in [0.4, 0.5) is 0 Å². The van der Waals surface area contributed by atoms with E-state index in [9.17, 15) is 10.2 Å². The molecule has 0 saturated heterocycles. The molecular weight excluding hydrogens is 240 g/mol. The molecule has 96 valence electrons. The molecule has 2 rings (SSSR count). The van der Waals surface area contributed by atoms with E-state index in [0.29, 0.717) is 5.39 Å². The van der Waals surface area contributed by atoms with E-state index in [1.807, 2.05) is 13.0 Å². The zero-order valence-electron chi connectivity index (χ0n) is 11.4. The van der Waals surface area contributed by atoms with Crippen molar-refractivity contribution in [3.8, 4) is 11.5 Å². The highest BCUT2D eigenvalue weighted by atomic mass is 28.3. The second-order valence-electron chi connectivity index (χ2n) is 6.23. The van der Waals surface area contributed by atoms with E-state index in [0.717, 1.165) is 22.6 Å². The first-order chi connectivity index (χ1) is 8.26. The van der Waals surface area contributed by atoms with Gasteiger partial charge >= 0.3 is 0 Å². The molecule has 0 atom stereocenters. The van der Waals surface area contributed by atoms with Gasteiger partial charge in [0.25, 0.3) is 0 Å². The number of hydrogen-bond donors (Lipinski definition) is 2. The van der Waals surface area contributed by atoms with Gasteiger partial charge in [0.15, 0.2) is 0 Å². The van der Waals surface area contributed by atoms with Gasteiger partial charge in [-0.15, -0.1) is 0 Å². The molecule has 0 spiro atoms. The molecule has 0 aromatic heterocycles. The minimum atomic E-state index is -1.21. The number of phenolic OH excluding ortho intramolecular Hbond substituents is 2. The fraction of sp³-hybridized carbons (Fsp3) is 0.333. The van der Waals surface area contributed by atoms with Gasteiger partial charge in [0, 0.05) is 8.07 Å². The number of hydrogen-bond acceptors (Lipinski definition) is 2. The monoisotopic (exact) mass is 260 g/mol. The average Bonchev–Trinajstić information content (AvgIpc) is 2.11. The van der Waals surface area contributed by atoms with Crippen LogP contribution in [0.2, 0.25) is 19.6 Å². The summed E-state index contributed by atoms with van der Waals surface area (Å²) in [5.41, 5.74) is 2.16. The van der Waals surface area contributed by atoms with Crippen LogP contribution in [0.3, 0.4) is 0 Å². The Morgan fingerprint density at radius 2 is 1.56 bits per heavy atom. The topological polar surface area (TPSA) is 40.5 Å². The highest BCUT2D eigenvalue weighted by Gasteiger charge is 2.16. The van der Waals surface area contributed by atoms with Crippen LogP contribution in [0.15, 0.2) is 24.3 Å². The first-order valence-corrected chi connectivity index (χ1v) is 9.92. The molecule has 0 unspecified atom stereocenters. The van der Waals surface area contributed by atoms with Crippen molar-refractivity contribution in [3.63, 3.8) is 0 Å². The minimum absolute atomic E-state index is 0.155. The Morgan fingerprint density at radius 3 is 2.17 bits per heavy atom. The van der Waals surface area contributed by atoms with Crippen LogP contribution in [0.5, 0.6) is 11.5 Å². The highest BCUT2D eigenvalue weighted by molar-refractivity contribution is 6.75. The summed E-state index contributed by atoms with van der Waals surface area (Å²) in [7, 11) is -1.21. The summed E-state index contributed by atoms with van der Waals surface area (Å²) in [6, 6.07) is 8.59. The molecule has 0 heterocycles. The first kappa shape index (κ1) is 13.0. The Morgan fingerprint density at radius 1 is 0.944 bits per heavy atom. The molecular formula is C15H20O2Si. The summed E-state index contributed by atoms with van der Waals surface area (Å²) in [6.07, 6.45) is 0. The van der Waals surface area contributed by atoms with Crippen LogP contribution >= 0.6 is 0 Å². The quantitative estimate of drug-likeness (QED) is 0.802. The zero-order valence-corrected chi connectivity index (χ0v) is 12.4. The third kappa shape index (κ3) is 2.67. The van der Waals surface area contributed by atoms with Gasteiger partial charge in [-0.3, -0.25) is 0 Å². The summed E-state index contributed by atoms with van der Waals surface area (Å²) in [6.45, 7) is 8.87. The fourth-order valence-corrected chi connectivity index (χ4v) is 3.82. The largest absolute Gasteiger partial charge is 0.507 e. The van der Waals surface area contributed by atoms with Gasteiger partial charge in [-0.1, -0.05) is 31.8 Å². The molecule has 0 aliphatic heterocycles. The van der Waals surface area contributed by atoms with Crippen molar-refractivity contribution < 1.29 is 10.2 Å². The van der Waals surface area contributed by atoms with E-state index in [1.165, 1.54) is 0 Å². The molecule has 0 bridgehead atoms. The molecule has 0 amide bonds. The maximum Gasteiger partial charge on any atom is 0.127 e. The van der Waals surface area contributed by atoms with Crippen LogP contribution < -0.4 is 0 Å². The van der Waals surface area contributed by atoms with E-state index in [4.69, 9.17) is 0 Å². The predicted octanol–water partition coefficient (Wildman–Crippen LogP) is 3.98. The van der Waals surface area contributed by atoms with Crippen molar-refractivity contribution in [2.75, 3.05) is 0 Å². The molecule has 2 N–H and O–H groups in total. The van der Waals surface area contributed by atoms with Gasteiger partial charge in [0.05, 0.1) is 5.39 Å². The Balaban J connectivity index is 2.62. The van der Waals surface area contributed by atoms with Gasteiger partial charge in [0.2, 0.25) is 0 Å². The van der Waals surface area contributed by atoms with Gasteiger partial charge in [-0.25, -0.2) is 0 Å². The number of benzene rings is 2. The number of rotatable bonds is 2. The molecule has 18 heavy (non-hydrogen) atoms. The van der Waals surface area contributed by atoms with Crippen LogP contribution in [-0.4, -0.2) is 18.3 Å². The Labute approximate surface area is 109 Å². The first-order valence-electron chi connectivity index (χ1n) is 6.21. The standard InChI is InChI=1S/C15H20O2Si/c1-10-5-12-7-11(9-18(2,3)4)8-14(17)15(12)13(16)6-10/h5-8,16-17H,9H2,1-4H3. The van der Waals surface area contributed by atoms with E-state index in [-0.39, 0.29) is 11.5 Å². The molecule has 0 aliphatic rings. The van der Waals surface area contributed by atoms with E-state index in [1.54, 1.807) is 12.1 Å². The van der Waals surface area contributed by atoms with Crippen molar-refractivity contribution >= 4 is 18.8 Å². The third-order valence-corrected chi connectivity index (χ3v) is 4.41. The van der Waals surface area contributed by atoms with Gasteiger partial charge in [0.1, 0.15) is 11.5 Å². The van der Waals surface area contributed by atoms with Crippen molar-refractivity contribution in [1.82, 2.24) is 0 Å². The minimum Gasteiger partial charge on any atom is -0.507 e.